The highest BCUT2D eigenvalue weighted by atomic mass is 15.0. The first-order chi connectivity index (χ1) is 8.70. The number of aromatic nitrogens is 3. The number of anilines is 1. The molecule has 18 heavy (non-hydrogen) atoms. The SMILES string of the molecule is CCNc1cc(-c2ccncc2)nc(C(C)C)n1. The van der Waals surface area contributed by atoms with Gasteiger partial charge in [-0.15, -0.1) is 0 Å². The number of rotatable bonds is 4. The van der Waals surface area contributed by atoms with E-state index in [-0.39, 0.29) is 0 Å². The van der Waals surface area contributed by atoms with E-state index in [0.717, 1.165) is 29.4 Å². The summed E-state index contributed by atoms with van der Waals surface area (Å²) in [5.41, 5.74) is 2.00. The van der Waals surface area contributed by atoms with Crippen molar-refractivity contribution in [2.24, 2.45) is 0 Å². The van der Waals surface area contributed by atoms with Crippen molar-refractivity contribution >= 4 is 5.82 Å². The van der Waals surface area contributed by atoms with Crippen LogP contribution in [0.4, 0.5) is 5.82 Å². The maximum atomic E-state index is 4.61. The molecule has 2 aromatic rings. The topological polar surface area (TPSA) is 50.7 Å². The molecule has 2 heterocycles. The van der Waals surface area contributed by atoms with Crippen molar-refractivity contribution in [3.8, 4) is 11.3 Å². The summed E-state index contributed by atoms with van der Waals surface area (Å²) in [6, 6.07) is 5.90. The van der Waals surface area contributed by atoms with Gasteiger partial charge in [0.15, 0.2) is 0 Å². The van der Waals surface area contributed by atoms with E-state index in [2.05, 4.69) is 41.0 Å². The lowest BCUT2D eigenvalue weighted by Gasteiger charge is -2.10. The molecule has 0 saturated carbocycles. The highest BCUT2D eigenvalue weighted by Crippen LogP contribution is 2.21. The highest BCUT2D eigenvalue weighted by molar-refractivity contribution is 5.61. The first-order valence-electron chi connectivity index (χ1n) is 6.24. The Bertz CT molecular complexity index is 508. The number of nitrogens with one attached hydrogen (secondary N) is 1. The Morgan fingerprint density at radius 3 is 2.50 bits per heavy atom. The van der Waals surface area contributed by atoms with Gasteiger partial charge in [-0.3, -0.25) is 4.98 Å². The smallest absolute Gasteiger partial charge is 0.133 e. The molecule has 0 aliphatic heterocycles. The quantitative estimate of drug-likeness (QED) is 0.895. The third-order valence-corrected chi connectivity index (χ3v) is 2.59. The Morgan fingerprint density at radius 1 is 1.17 bits per heavy atom. The van der Waals surface area contributed by atoms with Crippen LogP contribution in [0.5, 0.6) is 0 Å². The molecule has 0 aromatic carbocycles. The standard InChI is InChI=1S/C14H18N4/c1-4-16-13-9-12(11-5-7-15-8-6-11)17-14(18-13)10(2)3/h5-10H,4H2,1-3H3,(H,16,17,18). The molecule has 0 fully saturated rings. The number of hydrogen-bond donors (Lipinski definition) is 1. The molecular weight excluding hydrogens is 224 g/mol. The van der Waals surface area contributed by atoms with Crippen molar-refractivity contribution in [1.29, 1.82) is 0 Å². The van der Waals surface area contributed by atoms with E-state index >= 15 is 0 Å². The van der Waals surface area contributed by atoms with E-state index in [1.165, 1.54) is 0 Å². The summed E-state index contributed by atoms with van der Waals surface area (Å²) >= 11 is 0. The lowest BCUT2D eigenvalue weighted by Crippen LogP contribution is -2.05. The van der Waals surface area contributed by atoms with Crippen molar-refractivity contribution in [2.45, 2.75) is 26.7 Å². The van der Waals surface area contributed by atoms with Gasteiger partial charge in [-0.05, 0) is 19.1 Å². The molecule has 0 spiro atoms. The van der Waals surface area contributed by atoms with Crippen LogP contribution in [0, 0.1) is 0 Å². The molecule has 4 nitrogen and oxygen atoms in total. The Kier molecular flexibility index (Phi) is 3.87. The van der Waals surface area contributed by atoms with Crippen molar-refractivity contribution in [2.75, 3.05) is 11.9 Å². The van der Waals surface area contributed by atoms with Gasteiger partial charge in [-0.2, -0.15) is 0 Å². The molecule has 0 bridgehead atoms. The fourth-order valence-electron chi connectivity index (χ4n) is 1.67. The molecule has 0 unspecified atom stereocenters. The summed E-state index contributed by atoms with van der Waals surface area (Å²) in [5, 5.41) is 3.25. The summed E-state index contributed by atoms with van der Waals surface area (Å²) in [6.07, 6.45) is 3.55. The van der Waals surface area contributed by atoms with Gasteiger partial charge in [0, 0.05) is 36.5 Å². The van der Waals surface area contributed by atoms with E-state index in [1.54, 1.807) is 12.4 Å². The Morgan fingerprint density at radius 2 is 1.89 bits per heavy atom. The molecule has 0 radical (unpaired) electrons. The summed E-state index contributed by atoms with van der Waals surface area (Å²) in [4.78, 5) is 13.1. The second-order valence-electron chi connectivity index (χ2n) is 4.42. The van der Waals surface area contributed by atoms with Gasteiger partial charge in [0.1, 0.15) is 11.6 Å². The third-order valence-electron chi connectivity index (χ3n) is 2.59. The van der Waals surface area contributed by atoms with Crippen LogP contribution in [0.25, 0.3) is 11.3 Å². The van der Waals surface area contributed by atoms with Gasteiger partial charge in [0.25, 0.3) is 0 Å². The summed E-state index contributed by atoms with van der Waals surface area (Å²) in [7, 11) is 0. The zero-order valence-corrected chi connectivity index (χ0v) is 11.0. The lowest BCUT2D eigenvalue weighted by atomic mass is 10.1. The van der Waals surface area contributed by atoms with Crippen molar-refractivity contribution in [3.63, 3.8) is 0 Å². The molecule has 0 saturated heterocycles. The van der Waals surface area contributed by atoms with Gasteiger partial charge in [0.2, 0.25) is 0 Å². The largest absolute Gasteiger partial charge is 0.370 e. The number of hydrogen-bond acceptors (Lipinski definition) is 4. The van der Waals surface area contributed by atoms with Crippen LogP contribution in [0.1, 0.15) is 32.5 Å². The molecular formula is C14H18N4. The van der Waals surface area contributed by atoms with Crippen LogP contribution in [0.15, 0.2) is 30.6 Å². The van der Waals surface area contributed by atoms with Gasteiger partial charge in [0.05, 0.1) is 5.69 Å². The Hall–Kier alpha value is -1.97. The van der Waals surface area contributed by atoms with Crippen LogP contribution < -0.4 is 5.32 Å². The summed E-state index contributed by atoms with van der Waals surface area (Å²) in [5.74, 6) is 2.05. The molecule has 94 valence electrons. The Labute approximate surface area is 108 Å². The lowest BCUT2D eigenvalue weighted by molar-refractivity contribution is 0.776. The van der Waals surface area contributed by atoms with Gasteiger partial charge >= 0.3 is 0 Å². The fourth-order valence-corrected chi connectivity index (χ4v) is 1.67. The predicted molar refractivity (Wildman–Crippen MR) is 73.5 cm³/mol. The zero-order chi connectivity index (χ0) is 13.0. The van der Waals surface area contributed by atoms with E-state index in [1.807, 2.05) is 18.2 Å². The minimum atomic E-state index is 0.309. The van der Waals surface area contributed by atoms with E-state index in [9.17, 15) is 0 Å². The van der Waals surface area contributed by atoms with Crippen molar-refractivity contribution in [3.05, 3.63) is 36.4 Å². The third kappa shape index (κ3) is 2.83. The average molecular weight is 242 g/mol. The number of nitrogens with zero attached hydrogens (tertiary/aromatic N) is 3. The average Bonchev–Trinajstić information content (AvgIpc) is 2.40. The van der Waals surface area contributed by atoms with Gasteiger partial charge in [-0.25, -0.2) is 9.97 Å². The van der Waals surface area contributed by atoms with Gasteiger partial charge < -0.3 is 5.32 Å². The van der Waals surface area contributed by atoms with Crippen molar-refractivity contribution in [1.82, 2.24) is 15.0 Å². The van der Waals surface area contributed by atoms with Crippen LogP contribution in [-0.2, 0) is 0 Å². The maximum absolute atomic E-state index is 4.61. The van der Waals surface area contributed by atoms with Gasteiger partial charge in [-0.1, -0.05) is 13.8 Å². The van der Waals surface area contributed by atoms with Crippen LogP contribution in [0.3, 0.4) is 0 Å². The molecule has 2 rings (SSSR count). The first-order valence-corrected chi connectivity index (χ1v) is 6.24. The zero-order valence-electron chi connectivity index (χ0n) is 11.0. The van der Waals surface area contributed by atoms with E-state index < -0.39 is 0 Å². The Balaban J connectivity index is 2.46. The molecule has 0 amide bonds. The molecule has 2 aromatic heterocycles. The second-order valence-corrected chi connectivity index (χ2v) is 4.42. The summed E-state index contributed by atoms with van der Waals surface area (Å²) < 4.78 is 0. The first kappa shape index (κ1) is 12.5. The molecule has 0 aliphatic carbocycles. The van der Waals surface area contributed by atoms with E-state index in [0.29, 0.717) is 5.92 Å². The summed E-state index contributed by atoms with van der Waals surface area (Å²) in [6.45, 7) is 7.11. The molecule has 0 atom stereocenters. The molecule has 4 heteroatoms. The maximum Gasteiger partial charge on any atom is 0.133 e. The molecule has 1 N–H and O–H groups in total. The molecule has 0 aliphatic rings. The minimum Gasteiger partial charge on any atom is -0.370 e. The second kappa shape index (κ2) is 5.58. The van der Waals surface area contributed by atoms with Crippen LogP contribution >= 0.6 is 0 Å². The minimum absolute atomic E-state index is 0.309. The van der Waals surface area contributed by atoms with Crippen LogP contribution in [0.2, 0.25) is 0 Å². The normalized spacial score (nSPS) is 10.7. The monoisotopic (exact) mass is 242 g/mol. The van der Waals surface area contributed by atoms with Crippen molar-refractivity contribution < 1.29 is 0 Å². The van der Waals surface area contributed by atoms with E-state index in [4.69, 9.17) is 0 Å². The highest BCUT2D eigenvalue weighted by Gasteiger charge is 2.09. The number of pyridine rings is 1. The predicted octanol–water partition coefficient (Wildman–Crippen LogP) is 3.09. The fraction of sp³-hybridized carbons (Fsp3) is 0.357. The van der Waals surface area contributed by atoms with Crippen LogP contribution in [-0.4, -0.2) is 21.5 Å².